The van der Waals surface area contributed by atoms with Crippen molar-refractivity contribution in [2.45, 2.75) is 58.3 Å². The summed E-state index contributed by atoms with van der Waals surface area (Å²) in [5, 5.41) is 8.30. The Bertz CT molecular complexity index is 96.8. The molecule has 0 fully saturated rings. The summed E-state index contributed by atoms with van der Waals surface area (Å²) in [5.41, 5.74) is 0. The maximum Gasteiger partial charge on any atom is 0.0854 e. The van der Waals surface area contributed by atoms with Crippen LogP contribution in [0.3, 0.4) is 0 Å². The molecule has 0 aromatic heterocycles. The van der Waals surface area contributed by atoms with Gasteiger partial charge in [0, 0.05) is 0 Å². The molecule has 0 aromatic rings. The van der Waals surface area contributed by atoms with Gasteiger partial charge < -0.3 is 0 Å². The minimum atomic E-state index is 0.554. The van der Waals surface area contributed by atoms with E-state index in [2.05, 4.69) is 26.8 Å². The molecule has 0 aliphatic heterocycles. The normalized spacial score (nSPS) is 10.8. The molecule has 0 amide bonds. The molecule has 0 heterocycles. The highest BCUT2D eigenvalue weighted by atomic mass is 17.7. The molecule has 0 radical (unpaired) electrons. The van der Waals surface area contributed by atoms with Gasteiger partial charge in [-0.1, -0.05) is 51.9 Å². The Kier molecular flexibility index (Phi) is 13.7. The fourth-order valence-corrected chi connectivity index (χ4v) is 1.38. The molecule has 4 heteroatoms. The molecule has 0 aliphatic rings. The second kappa shape index (κ2) is 13.8. The van der Waals surface area contributed by atoms with Crippen LogP contribution in [0.25, 0.3) is 0 Å². The summed E-state index contributed by atoms with van der Waals surface area (Å²) in [7, 11) is 1.36. The summed E-state index contributed by atoms with van der Waals surface area (Å²) in [6.07, 6.45) is 10.2. The van der Waals surface area contributed by atoms with Crippen molar-refractivity contribution >= 4 is 0 Å². The maximum absolute atomic E-state index is 4.67. The third-order valence-electron chi connectivity index (χ3n) is 2.23. The lowest BCUT2D eigenvalue weighted by atomic mass is 10.1. The fraction of sp³-hybridized carbons (Fsp3) is 1.00. The first-order valence-corrected chi connectivity index (χ1v) is 5.90. The molecule has 0 N–H and O–H groups in total. The van der Waals surface area contributed by atoms with E-state index in [1.165, 1.54) is 52.1 Å². The Morgan fingerprint density at radius 1 is 0.733 bits per heavy atom. The Morgan fingerprint density at radius 3 is 1.93 bits per heavy atom. The van der Waals surface area contributed by atoms with Gasteiger partial charge in [0.2, 0.25) is 0 Å². The van der Waals surface area contributed by atoms with Crippen molar-refractivity contribution in [3.05, 3.63) is 0 Å². The largest absolute Gasteiger partial charge is 0.207 e. The molecule has 0 aromatic carbocycles. The van der Waals surface area contributed by atoms with Crippen molar-refractivity contribution in [1.29, 1.82) is 0 Å². The van der Waals surface area contributed by atoms with Crippen LogP contribution in [-0.4, -0.2) is 13.7 Å². The van der Waals surface area contributed by atoms with Gasteiger partial charge in [0.15, 0.2) is 0 Å². The molecule has 0 spiro atoms. The van der Waals surface area contributed by atoms with Crippen LogP contribution in [0.15, 0.2) is 0 Å². The molecule has 4 nitrogen and oxygen atoms in total. The number of unbranched alkanes of at least 4 members (excludes halogenated alkanes) is 7. The smallest absolute Gasteiger partial charge is 0.0854 e. The predicted molar refractivity (Wildman–Crippen MR) is 57.7 cm³/mol. The van der Waals surface area contributed by atoms with Gasteiger partial charge in [-0.25, -0.2) is 9.78 Å². The fourth-order valence-electron chi connectivity index (χ4n) is 1.38. The standard InChI is InChI=1S/C11H24O4/c1-3-4-5-6-7-8-9-10-11-13-15-14-12-2/h3-11H2,1-2H3. The van der Waals surface area contributed by atoms with Crippen LogP contribution < -0.4 is 0 Å². The molecule has 15 heavy (non-hydrogen) atoms. The lowest BCUT2D eigenvalue weighted by Crippen LogP contribution is -1.97. The van der Waals surface area contributed by atoms with Gasteiger partial charge in [-0.2, -0.15) is 0 Å². The molecule has 92 valence electrons. The van der Waals surface area contributed by atoms with E-state index in [4.69, 9.17) is 0 Å². The van der Waals surface area contributed by atoms with E-state index >= 15 is 0 Å². The van der Waals surface area contributed by atoms with E-state index in [-0.39, 0.29) is 0 Å². The Hall–Kier alpha value is -0.160. The van der Waals surface area contributed by atoms with E-state index in [0.717, 1.165) is 6.42 Å². The maximum atomic E-state index is 4.67. The van der Waals surface area contributed by atoms with E-state index in [0.29, 0.717) is 6.61 Å². The van der Waals surface area contributed by atoms with Crippen LogP contribution in [0, 0.1) is 0 Å². The minimum Gasteiger partial charge on any atom is -0.207 e. The second-order valence-corrected chi connectivity index (χ2v) is 3.60. The first-order valence-electron chi connectivity index (χ1n) is 5.90. The summed E-state index contributed by atoms with van der Waals surface area (Å²) in [6.45, 7) is 2.79. The minimum absolute atomic E-state index is 0.554. The van der Waals surface area contributed by atoms with Gasteiger partial charge in [0.25, 0.3) is 0 Å². The zero-order chi connectivity index (χ0) is 11.2. The van der Waals surface area contributed by atoms with Crippen LogP contribution in [0.1, 0.15) is 58.3 Å². The van der Waals surface area contributed by atoms with Gasteiger partial charge in [-0.3, -0.25) is 0 Å². The van der Waals surface area contributed by atoms with Crippen molar-refractivity contribution < 1.29 is 19.9 Å². The molecule has 0 atom stereocenters. The summed E-state index contributed by atoms with van der Waals surface area (Å²) in [5.74, 6) is 0. The van der Waals surface area contributed by atoms with Gasteiger partial charge in [-0.15, -0.1) is 0 Å². The lowest BCUT2D eigenvalue weighted by molar-refractivity contribution is -0.628. The van der Waals surface area contributed by atoms with Crippen molar-refractivity contribution in [2.75, 3.05) is 13.7 Å². The summed E-state index contributed by atoms with van der Waals surface area (Å²) < 4.78 is 0. The van der Waals surface area contributed by atoms with Crippen LogP contribution in [-0.2, 0) is 19.9 Å². The van der Waals surface area contributed by atoms with Gasteiger partial charge >= 0.3 is 0 Å². The van der Waals surface area contributed by atoms with Gasteiger partial charge in [0.05, 0.1) is 13.7 Å². The summed E-state index contributed by atoms with van der Waals surface area (Å²) in [6, 6.07) is 0. The van der Waals surface area contributed by atoms with Gasteiger partial charge in [-0.05, 0) is 16.5 Å². The topological polar surface area (TPSA) is 36.9 Å². The third kappa shape index (κ3) is 13.8. The molecule has 0 unspecified atom stereocenters. The number of rotatable bonds is 12. The van der Waals surface area contributed by atoms with Crippen LogP contribution in [0.2, 0.25) is 0 Å². The highest BCUT2D eigenvalue weighted by Gasteiger charge is 1.93. The van der Waals surface area contributed by atoms with Crippen molar-refractivity contribution in [1.82, 2.24) is 0 Å². The molecule has 0 saturated heterocycles. The summed E-state index contributed by atoms with van der Waals surface area (Å²) in [4.78, 5) is 8.85. The Labute approximate surface area is 92.6 Å². The average molecular weight is 220 g/mol. The van der Waals surface area contributed by atoms with Gasteiger partial charge in [0.1, 0.15) is 0 Å². The zero-order valence-corrected chi connectivity index (χ0v) is 10.00. The van der Waals surface area contributed by atoms with Crippen molar-refractivity contribution in [3.63, 3.8) is 0 Å². The second-order valence-electron chi connectivity index (χ2n) is 3.60. The van der Waals surface area contributed by atoms with Crippen molar-refractivity contribution in [3.8, 4) is 0 Å². The van der Waals surface area contributed by atoms with E-state index in [1.807, 2.05) is 0 Å². The first kappa shape index (κ1) is 14.8. The van der Waals surface area contributed by atoms with Crippen LogP contribution >= 0.6 is 0 Å². The van der Waals surface area contributed by atoms with Crippen LogP contribution in [0.5, 0.6) is 0 Å². The average Bonchev–Trinajstić information content (AvgIpc) is 2.26. The number of hydrogen-bond donors (Lipinski definition) is 0. The molecular weight excluding hydrogens is 196 g/mol. The quantitative estimate of drug-likeness (QED) is 0.286. The molecule has 0 bridgehead atoms. The highest BCUT2D eigenvalue weighted by Crippen LogP contribution is 2.08. The van der Waals surface area contributed by atoms with Crippen molar-refractivity contribution in [2.24, 2.45) is 0 Å². The molecule has 0 rings (SSSR count). The molecular formula is C11H24O4. The third-order valence-corrected chi connectivity index (χ3v) is 2.23. The SMILES string of the molecule is CCCCCCCCCCOOOOC. The van der Waals surface area contributed by atoms with E-state index in [9.17, 15) is 0 Å². The van der Waals surface area contributed by atoms with E-state index < -0.39 is 0 Å². The Morgan fingerprint density at radius 2 is 1.33 bits per heavy atom. The zero-order valence-electron chi connectivity index (χ0n) is 10.00. The summed E-state index contributed by atoms with van der Waals surface area (Å²) >= 11 is 0. The van der Waals surface area contributed by atoms with E-state index in [1.54, 1.807) is 0 Å². The molecule has 0 aliphatic carbocycles. The molecule has 0 saturated carbocycles. The highest BCUT2D eigenvalue weighted by molar-refractivity contribution is 4.44. The lowest BCUT2D eigenvalue weighted by Gasteiger charge is -2.01. The Balaban J connectivity index is 2.81. The predicted octanol–water partition coefficient (Wildman–Crippen LogP) is 3.57. The first-order chi connectivity index (χ1) is 7.41. The van der Waals surface area contributed by atoms with Crippen LogP contribution in [0.4, 0.5) is 0 Å². The number of hydrogen-bond acceptors (Lipinski definition) is 4. The monoisotopic (exact) mass is 220 g/mol.